The number of hydrogen-bond acceptors (Lipinski definition) is 6. The number of rotatable bonds is 5. The van der Waals surface area contributed by atoms with Gasteiger partial charge in [0, 0.05) is 6.54 Å². The van der Waals surface area contributed by atoms with Crippen LogP contribution in [0, 0.1) is 16.0 Å². The Morgan fingerprint density at radius 2 is 2.15 bits per heavy atom. The number of nitrogens with zero attached hydrogens (tertiary/aromatic N) is 3. The van der Waals surface area contributed by atoms with Crippen LogP contribution in [0.15, 0.2) is 6.20 Å². The highest BCUT2D eigenvalue weighted by atomic mass is 16.6. The first-order chi connectivity index (χ1) is 9.60. The average Bonchev–Trinajstić information content (AvgIpc) is 2.42. The van der Waals surface area contributed by atoms with Crippen LogP contribution in [0.5, 0.6) is 5.88 Å². The minimum atomic E-state index is -0.503. The van der Waals surface area contributed by atoms with Gasteiger partial charge >= 0.3 is 5.69 Å². The van der Waals surface area contributed by atoms with Crippen LogP contribution >= 0.6 is 0 Å². The summed E-state index contributed by atoms with van der Waals surface area (Å²) in [5.41, 5.74) is -0.176. The molecule has 0 spiro atoms. The topological polar surface area (TPSA) is 90.2 Å². The number of nitro groups is 1. The third kappa shape index (κ3) is 3.55. The Kier molecular flexibility index (Phi) is 4.70. The molecule has 7 heteroatoms. The molecule has 7 nitrogen and oxygen atoms in total. The third-order valence-corrected chi connectivity index (χ3v) is 3.51. The van der Waals surface area contributed by atoms with Crippen LogP contribution in [0.4, 0.5) is 11.6 Å². The molecule has 1 fully saturated rings. The molecular formula is C13H20N4O3. The highest BCUT2D eigenvalue weighted by Gasteiger charge is 2.25. The van der Waals surface area contributed by atoms with Crippen molar-refractivity contribution >= 4 is 11.6 Å². The molecule has 0 aromatic carbocycles. The Balaban J connectivity index is 2.14. The van der Waals surface area contributed by atoms with E-state index >= 15 is 0 Å². The van der Waals surface area contributed by atoms with E-state index in [0.29, 0.717) is 18.4 Å². The first-order valence-corrected chi connectivity index (χ1v) is 7.02. The monoisotopic (exact) mass is 280 g/mol. The van der Waals surface area contributed by atoms with E-state index in [1.807, 2.05) is 6.92 Å². The molecule has 1 aliphatic carbocycles. The molecule has 0 radical (unpaired) electrons. The van der Waals surface area contributed by atoms with Crippen LogP contribution in [0.2, 0.25) is 0 Å². The molecule has 0 atom stereocenters. The van der Waals surface area contributed by atoms with E-state index in [-0.39, 0.29) is 17.7 Å². The predicted octanol–water partition coefficient (Wildman–Crippen LogP) is 2.77. The summed E-state index contributed by atoms with van der Waals surface area (Å²) in [5.74, 6) is 1.13. The van der Waals surface area contributed by atoms with Crippen molar-refractivity contribution in [2.45, 2.75) is 45.6 Å². The summed E-state index contributed by atoms with van der Waals surface area (Å²) in [6.45, 7) is 4.78. The lowest BCUT2D eigenvalue weighted by atomic mass is 9.89. The van der Waals surface area contributed by atoms with Gasteiger partial charge in [-0.15, -0.1) is 0 Å². The van der Waals surface area contributed by atoms with Gasteiger partial charge in [-0.2, -0.15) is 4.98 Å². The van der Waals surface area contributed by atoms with Crippen LogP contribution < -0.4 is 10.1 Å². The summed E-state index contributed by atoms with van der Waals surface area (Å²) < 4.78 is 5.75. The van der Waals surface area contributed by atoms with E-state index in [4.69, 9.17) is 4.74 Å². The molecule has 1 aromatic heterocycles. The Labute approximate surface area is 117 Å². The number of anilines is 1. The Morgan fingerprint density at radius 1 is 1.45 bits per heavy atom. The second-order valence-corrected chi connectivity index (χ2v) is 5.17. The molecule has 1 heterocycles. The van der Waals surface area contributed by atoms with Crippen LogP contribution in [-0.2, 0) is 0 Å². The van der Waals surface area contributed by atoms with Crippen molar-refractivity contribution < 1.29 is 9.66 Å². The molecule has 1 N–H and O–H groups in total. The quantitative estimate of drug-likeness (QED) is 0.658. The summed E-state index contributed by atoms with van der Waals surface area (Å²) in [5, 5.41) is 13.9. The second-order valence-electron chi connectivity index (χ2n) is 5.17. The molecule has 1 aromatic rings. The van der Waals surface area contributed by atoms with E-state index in [1.165, 1.54) is 6.20 Å². The second kappa shape index (κ2) is 6.49. The van der Waals surface area contributed by atoms with Gasteiger partial charge in [0.25, 0.3) is 5.88 Å². The fourth-order valence-corrected chi connectivity index (χ4v) is 2.32. The minimum Gasteiger partial charge on any atom is -0.469 e. The lowest BCUT2D eigenvalue weighted by Crippen LogP contribution is -2.24. The molecular weight excluding hydrogens is 260 g/mol. The van der Waals surface area contributed by atoms with Crippen molar-refractivity contribution in [1.82, 2.24) is 9.97 Å². The van der Waals surface area contributed by atoms with Crippen molar-refractivity contribution in [3.63, 3.8) is 0 Å². The fourth-order valence-electron chi connectivity index (χ4n) is 2.32. The zero-order valence-electron chi connectivity index (χ0n) is 11.8. The van der Waals surface area contributed by atoms with Crippen molar-refractivity contribution in [1.29, 1.82) is 0 Å². The highest BCUT2D eigenvalue weighted by molar-refractivity contribution is 5.43. The summed E-state index contributed by atoms with van der Waals surface area (Å²) >= 11 is 0. The largest absolute Gasteiger partial charge is 0.469 e. The predicted molar refractivity (Wildman–Crippen MR) is 74.9 cm³/mol. The smallest absolute Gasteiger partial charge is 0.349 e. The van der Waals surface area contributed by atoms with Gasteiger partial charge in [0.15, 0.2) is 0 Å². The number of aromatic nitrogens is 2. The number of hydrogen-bond donors (Lipinski definition) is 1. The van der Waals surface area contributed by atoms with Gasteiger partial charge < -0.3 is 10.1 Å². The van der Waals surface area contributed by atoms with Gasteiger partial charge in [-0.25, -0.2) is 4.98 Å². The van der Waals surface area contributed by atoms with Crippen LogP contribution in [0.1, 0.15) is 39.5 Å². The average molecular weight is 280 g/mol. The van der Waals surface area contributed by atoms with E-state index in [9.17, 15) is 10.1 Å². The molecule has 1 aliphatic rings. The van der Waals surface area contributed by atoms with Crippen LogP contribution in [0.3, 0.4) is 0 Å². The van der Waals surface area contributed by atoms with Gasteiger partial charge in [0.2, 0.25) is 5.95 Å². The molecule has 0 unspecified atom stereocenters. The molecule has 0 amide bonds. The molecule has 0 bridgehead atoms. The maximum absolute atomic E-state index is 11.0. The van der Waals surface area contributed by atoms with Crippen LogP contribution in [-0.4, -0.2) is 27.5 Å². The Morgan fingerprint density at radius 3 is 2.75 bits per heavy atom. The first kappa shape index (κ1) is 14.5. The molecule has 0 aliphatic heterocycles. The minimum absolute atomic E-state index is 0.00859. The van der Waals surface area contributed by atoms with Gasteiger partial charge in [-0.05, 0) is 38.5 Å². The van der Waals surface area contributed by atoms with E-state index in [2.05, 4.69) is 22.2 Å². The van der Waals surface area contributed by atoms with E-state index < -0.39 is 4.92 Å². The van der Waals surface area contributed by atoms with Gasteiger partial charge in [0.05, 0.1) is 4.92 Å². The zero-order chi connectivity index (χ0) is 14.5. The summed E-state index contributed by atoms with van der Waals surface area (Å²) in [6, 6.07) is 0. The standard InChI is InChI=1S/C13H20N4O3/c1-3-14-13-15-8-11(17(18)19)12(16-13)20-10-6-4-9(2)5-7-10/h8-10H,3-7H2,1-2H3,(H,14,15,16). The van der Waals surface area contributed by atoms with Gasteiger partial charge in [-0.3, -0.25) is 10.1 Å². The number of ether oxygens (including phenoxy) is 1. The maximum atomic E-state index is 11.0. The van der Waals surface area contributed by atoms with Crippen molar-refractivity contribution in [2.75, 3.05) is 11.9 Å². The van der Waals surface area contributed by atoms with Crippen molar-refractivity contribution in [2.24, 2.45) is 5.92 Å². The normalized spacial score (nSPS) is 22.3. The molecule has 20 heavy (non-hydrogen) atoms. The SMILES string of the molecule is CCNc1ncc([N+](=O)[O-])c(OC2CCC(C)CC2)n1. The fraction of sp³-hybridized carbons (Fsp3) is 0.692. The van der Waals surface area contributed by atoms with Crippen LogP contribution in [0.25, 0.3) is 0 Å². The van der Waals surface area contributed by atoms with Crippen molar-refractivity contribution in [3.8, 4) is 5.88 Å². The maximum Gasteiger partial charge on any atom is 0.349 e. The van der Waals surface area contributed by atoms with Gasteiger partial charge in [-0.1, -0.05) is 6.92 Å². The summed E-state index contributed by atoms with van der Waals surface area (Å²) in [6.07, 6.45) is 5.21. The Hall–Kier alpha value is -1.92. The third-order valence-electron chi connectivity index (χ3n) is 3.51. The van der Waals surface area contributed by atoms with Gasteiger partial charge in [0.1, 0.15) is 12.3 Å². The molecule has 0 saturated heterocycles. The lowest BCUT2D eigenvalue weighted by molar-refractivity contribution is -0.386. The first-order valence-electron chi connectivity index (χ1n) is 7.02. The highest BCUT2D eigenvalue weighted by Crippen LogP contribution is 2.30. The zero-order valence-corrected chi connectivity index (χ0v) is 11.8. The van der Waals surface area contributed by atoms with E-state index in [1.54, 1.807) is 0 Å². The lowest BCUT2D eigenvalue weighted by Gasteiger charge is -2.26. The van der Waals surface area contributed by atoms with Crippen molar-refractivity contribution in [3.05, 3.63) is 16.3 Å². The van der Waals surface area contributed by atoms with E-state index in [0.717, 1.165) is 25.7 Å². The summed E-state index contributed by atoms with van der Waals surface area (Å²) in [4.78, 5) is 18.5. The summed E-state index contributed by atoms with van der Waals surface area (Å²) in [7, 11) is 0. The Bertz CT molecular complexity index is 473. The molecule has 2 rings (SSSR count). The molecule has 110 valence electrons. The molecule has 1 saturated carbocycles. The number of nitrogens with one attached hydrogen (secondary N) is 1.